The summed E-state index contributed by atoms with van der Waals surface area (Å²) in [5.41, 5.74) is 5.72. The van der Waals surface area contributed by atoms with E-state index < -0.39 is 5.60 Å². The second-order valence-electron chi connectivity index (χ2n) is 4.38. The summed E-state index contributed by atoms with van der Waals surface area (Å²) in [5, 5.41) is 10.8. The highest BCUT2D eigenvalue weighted by molar-refractivity contribution is 7.99. The highest BCUT2D eigenvalue weighted by atomic mass is 32.2. The van der Waals surface area contributed by atoms with E-state index in [1.807, 2.05) is 13.8 Å². The van der Waals surface area contributed by atoms with Crippen LogP contribution in [0.4, 0.5) is 0 Å². The van der Waals surface area contributed by atoms with Crippen LogP contribution in [-0.2, 0) is 0 Å². The molecule has 1 heterocycles. The minimum Gasteiger partial charge on any atom is -0.389 e. The van der Waals surface area contributed by atoms with Gasteiger partial charge in [0, 0.05) is 24.2 Å². The Kier molecular flexibility index (Phi) is 4.70. The maximum atomic E-state index is 9.84. The van der Waals surface area contributed by atoms with Gasteiger partial charge in [-0.05, 0) is 25.8 Å². The fourth-order valence-corrected chi connectivity index (χ4v) is 2.40. The molecule has 0 bridgehead atoms. The molecule has 2 atom stereocenters. The van der Waals surface area contributed by atoms with Crippen LogP contribution >= 0.6 is 11.8 Å². The highest BCUT2D eigenvalue weighted by Gasteiger charge is 2.22. The molecule has 3 N–H and O–H groups in total. The first kappa shape index (κ1) is 13.4. The molecule has 0 radical (unpaired) electrons. The first-order chi connectivity index (χ1) is 7.43. The Morgan fingerprint density at radius 2 is 2.06 bits per heavy atom. The van der Waals surface area contributed by atoms with Gasteiger partial charge in [0.05, 0.1) is 5.60 Å². The minimum atomic E-state index is -0.808. The van der Waals surface area contributed by atoms with Crippen LogP contribution in [0.1, 0.15) is 25.8 Å². The number of aryl methyl sites for hydroxylation is 1. The van der Waals surface area contributed by atoms with E-state index in [1.165, 1.54) is 0 Å². The zero-order chi connectivity index (χ0) is 12.2. The van der Waals surface area contributed by atoms with E-state index in [0.29, 0.717) is 6.42 Å². The van der Waals surface area contributed by atoms with Gasteiger partial charge in [0.1, 0.15) is 0 Å². The summed E-state index contributed by atoms with van der Waals surface area (Å²) in [4.78, 5) is 8.43. The lowest BCUT2D eigenvalue weighted by molar-refractivity contribution is 0.0608. The number of hydrogen-bond acceptors (Lipinski definition) is 5. The lowest BCUT2D eigenvalue weighted by Gasteiger charge is -2.24. The van der Waals surface area contributed by atoms with Gasteiger partial charge in [-0.15, -0.1) is 0 Å². The molecule has 5 heteroatoms. The molecule has 0 aliphatic rings. The first-order valence-corrected chi connectivity index (χ1v) is 6.19. The van der Waals surface area contributed by atoms with E-state index in [1.54, 1.807) is 31.1 Å². The smallest absolute Gasteiger partial charge is 0.187 e. The van der Waals surface area contributed by atoms with Crippen LogP contribution in [0, 0.1) is 6.92 Å². The van der Waals surface area contributed by atoms with Crippen molar-refractivity contribution < 1.29 is 5.11 Å². The Morgan fingerprint density at radius 3 is 2.56 bits per heavy atom. The van der Waals surface area contributed by atoms with Gasteiger partial charge in [0.2, 0.25) is 0 Å². The molecular weight excluding hydrogens is 222 g/mol. The average Bonchev–Trinajstić information content (AvgIpc) is 2.21. The van der Waals surface area contributed by atoms with Gasteiger partial charge < -0.3 is 10.8 Å². The number of nitrogens with zero attached hydrogens (tertiary/aromatic N) is 2. The van der Waals surface area contributed by atoms with Crippen molar-refractivity contribution in [3.63, 3.8) is 0 Å². The van der Waals surface area contributed by atoms with Crippen molar-refractivity contribution in [1.29, 1.82) is 0 Å². The predicted molar refractivity (Wildman–Crippen MR) is 66.4 cm³/mol. The summed E-state index contributed by atoms with van der Waals surface area (Å²) < 4.78 is 0. The van der Waals surface area contributed by atoms with Gasteiger partial charge in [-0.2, -0.15) is 0 Å². The molecule has 4 nitrogen and oxygen atoms in total. The lowest BCUT2D eigenvalue weighted by Crippen LogP contribution is -2.36. The fourth-order valence-electron chi connectivity index (χ4n) is 1.37. The maximum Gasteiger partial charge on any atom is 0.187 e. The lowest BCUT2D eigenvalue weighted by atomic mass is 10.0. The normalized spacial score (nSPS) is 16.8. The van der Waals surface area contributed by atoms with Crippen molar-refractivity contribution in [2.75, 3.05) is 6.54 Å². The largest absolute Gasteiger partial charge is 0.389 e. The summed E-state index contributed by atoms with van der Waals surface area (Å²) in [6.07, 6.45) is 4.22. The van der Waals surface area contributed by atoms with Crippen molar-refractivity contribution in [3.05, 3.63) is 18.0 Å². The Balaban J connectivity index is 2.51. The highest BCUT2D eigenvalue weighted by Crippen LogP contribution is 2.25. The summed E-state index contributed by atoms with van der Waals surface area (Å²) in [6.45, 7) is 6.02. The topological polar surface area (TPSA) is 72.0 Å². The van der Waals surface area contributed by atoms with E-state index in [9.17, 15) is 5.11 Å². The summed E-state index contributed by atoms with van der Waals surface area (Å²) >= 11 is 1.56. The molecule has 0 saturated heterocycles. The zero-order valence-corrected chi connectivity index (χ0v) is 10.8. The van der Waals surface area contributed by atoms with Gasteiger partial charge >= 0.3 is 0 Å². The van der Waals surface area contributed by atoms with E-state index in [4.69, 9.17) is 5.73 Å². The number of hydrogen-bond donors (Lipinski definition) is 2. The Labute approximate surface area is 101 Å². The molecule has 0 saturated carbocycles. The molecule has 16 heavy (non-hydrogen) atoms. The molecule has 1 rings (SSSR count). The van der Waals surface area contributed by atoms with Crippen LogP contribution in [-0.4, -0.2) is 32.5 Å². The van der Waals surface area contributed by atoms with Gasteiger partial charge in [0.15, 0.2) is 5.16 Å². The molecule has 0 fully saturated rings. The molecule has 0 aromatic carbocycles. The molecule has 0 aliphatic carbocycles. The Hall–Kier alpha value is -0.650. The maximum absolute atomic E-state index is 9.84. The number of aromatic nitrogens is 2. The summed E-state index contributed by atoms with van der Waals surface area (Å²) in [5.74, 6) is 0. The fraction of sp³-hybridized carbons (Fsp3) is 0.636. The zero-order valence-electron chi connectivity index (χ0n) is 9.97. The van der Waals surface area contributed by atoms with Crippen molar-refractivity contribution in [1.82, 2.24) is 9.97 Å². The van der Waals surface area contributed by atoms with E-state index in [-0.39, 0.29) is 11.8 Å². The SMILES string of the molecule is Cc1cnc(SC(C)CC(C)(O)CN)nc1. The van der Waals surface area contributed by atoms with Gasteiger partial charge in [-0.25, -0.2) is 9.97 Å². The van der Waals surface area contributed by atoms with Crippen molar-refractivity contribution in [2.24, 2.45) is 5.73 Å². The third kappa shape index (κ3) is 4.47. The molecule has 0 spiro atoms. The third-order valence-corrected chi connectivity index (χ3v) is 3.22. The van der Waals surface area contributed by atoms with Crippen molar-refractivity contribution >= 4 is 11.8 Å². The second kappa shape index (κ2) is 5.61. The van der Waals surface area contributed by atoms with Crippen LogP contribution in [0.5, 0.6) is 0 Å². The monoisotopic (exact) mass is 241 g/mol. The van der Waals surface area contributed by atoms with Gasteiger partial charge in [-0.1, -0.05) is 18.7 Å². The Bertz CT molecular complexity index is 327. The minimum absolute atomic E-state index is 0.237. The van der Waals surface area contributed by atoms with Gasteiger partial charge in [0.25, 0.3) is 0 Å². The molecule has 0 aliphatic heterocycles. The van der Waals surface area contributed by atoms with E-state index >= 15 is 0 Å². The quantitative estimate of drug-likeness (QED) is 0.601. The number of nitrogens with two attached hydrogens (primary N) is 1. The first-order valence-electron chi connectivity index (χ1n) is 5.31. The van der Waals surface area contributed by atoms with Crippen molar-refractivity contribution in [2.45, 2.75) is 43.2 Å². The summed E-state index contributed by atoms with van der Waals surface area (Å²) in [6, 6.07) is 0. The molecule has 0 amide bonds. The molecule has 1 aromatic rings. The van der Waals surface area contributed by atoms with Crippen LogP contribution < -0.4 is 5.73 Å². The third-order valence-electron chi connectivity index (χ3n) is 2.23. The predicted octanol–water partition coefficient (Wildman–Crippen LogP) is 1.37. The number of aliphatic hydroxyl groups is 1. The Morgan fingerprint density at radius 1 is 1.50 bits per heavy atom. The molecule has 1 aromatic heterocycles. The van der Waals surface area contributed by atoms with Crippen LogP contribution in [0.3, 0.4) is 0 Å². The standard InChI is InChI=1S/C11H19N3OS/c1-8-5-13-10(14-6-8)16-9(2)4-11(3,15)7-12/h5-6,9,15H,4,7,12H2,1-3H3. The van der Waals surface area contributed by atoms with Crippen LogP contribution in [0.25, 0.3) is 0 Å². The average molecular weight is 241 g/mol. The second-order valence-corrected chi connectivity index (χ2v) is 5.78. The molecular formula is C11H19N3OS. The number of thioether (sulfide) groups is 1. The molecule has 90 valence electrons. The van der Waals surface area contributed by atoms with E-state index in [0.717, 1.165) is 10.7 Å². The molecule has 2 unspecified atom stereocenters. The van der Waals surface area contributed by atoms with Crippen LogP contribution in [0.15, 0.2) is 17.6 Å². The van der Waals surface area contributed by atoms with Crippen molar-refractivity contribution in [3.8, 4) is 0 Å². The summed E-state index contributed by atoms with van der Waals surface area (Å²) in [7, 11) is 0. The van der Waals surface area contributed by atoms with E-state index in [2.05, 4.69) is 9.97 Å². The number of rotatable bonds is 5. The van der Waals surface area contributed by atoms with Crippen LogP contribution in [0.2, 0.25) is 0 Å². The van der Waals surface area contributed by atoms with Gasteiger partial charge in [-0.3, -0.25) is 0 Å².